The molecule has 0 aromatic carbocycles. The average Bonchev–Trinajstić information content (AvgIpc) is 2.30. The summed E-state index contributed by atoms with van der Waals surface area (Å²) in [4.78, 5) is 2.66. The third kappa shape index (κ3) is 9.70. The molecule has 0 bridgehead atoms. The Kier molecular flexibility index (Phi) is 11.1. The summed E-state index contributed by atoms with van der Waals surface area (Å²) in [5.74, 6) is 0. The van der Waals surface area contributed by atoms with Gasteiger partial charge in [0.15, 0.2) is 0 Å². The van der Waals surface area contributed by atoms with Crippen molar-refractivity contribution in [3.05, 3.63) is 36.5 Å². The second-order valence-electron chi connectivity index (χ2n) is 5.13. The van der Waals surface area contributed by atoms with E-state index in [-0.39, 0.29) is 0 Å². The summed E-state index contributed by atoms with van der Waals surface area (Å²) in [7, 11) is 0. The molecule has 0 amide bonds. The first-order chi connectivity index (χ1) is 8.18. The molecule has 0 nitrogen and oxygen atoms in total. The molecular formula is C16H30Sn. The Morgan fingerprint density at radius 2 is 0.941 bits per heavy atom. The van der Waals surface area contributed by atoms with E-state index < -0.39 is 18.4 Å². The van der Waals surface area contributed by atoms with Crippen molar-refractivity contribution in [2.75, 3.05) is 0 Å². The fourth-order valence-electron chi connectivity index (χ4n) is 2.17. The van der Waals surface area contributed by atoms with Crippen LogP contribution in [0.2, 0.25) is 18.2 Å². The van der Waals surface area contributed by atoms with Crippen molar-refractivity contribution in [2.45, 2.75) is 58.3 Å². The van der Waals surface area contributed by atoms with Crippen LogP contribution in [0.3, 0.4) is 0 Å². The molecule has 0 spiro atoms. The van der Waals surface area contributed by atoms with E-state index in [1.165, 1.54) is 32.6 Å². The Morgan fingerprint density at radius 3 is 1.18 bits per heavy atom. The quantitative estimate of drug-likeness (QED) is 0.358. The molecule has 0 aliphatic carbocycles. The van der Waals surface area contributed by atoms with Gasteiger partial charge >= 0.3 is 113 Å². The third-order valence-corrected chi connectivity index (χ3v) is 16.3. The summed E-state index contributed by atoms with van der Waals surface area (Å²) in [5, 5.41) is 0. The van der Waals surface area contributed by atoms with Crippen LogP contribution >= 0.6 is 0 Å². The summed E-state index contributed by atoms with van der Waals surface area (Å²) >= 11 is -1.79. The fourth-order valence-corrected chi connectivity index (χ4v) is 11.7. The zero-order valence-electron chi connectivity index (χ0n) is 12.2. The Bertz CT molecular complexity index is 207. The summed E-state index contributed by atoms with van der Waals surface area (Å²) in [6, 6.07) is 0. The van der Waals surface area contributed by atoms with E-state index in [1.807, 2.05) is 0 Å². The molecule has 0 unspecified atom stereocenters. The van der Waals surface area contributed by atoms with E-state index in [4.69, 9.17) is 0 Å². The number of hydrogen-bond donors (Lipinski definition) is 0. The molecule has 0 aromatic heterocycles. The van der Waals surface area contributed by atoms with Gasteiger partial charge < -0.3 is 0 Å². The van der Waals surface area contributed by atoms with Crippen molar-refractivity contribution < 1.29 is 0 Å². The van der Waals surface area contributed by atoms with Gasteiger partial charge in [-0.05, 0) is 0 Å². The summed E-state index contributed by atoms with van der Waals surface area (Å²) in [6.07, 6.45) is 17.6. The van der Waals surface area contributed by atoms with E-state index in [2.05, 4.69) is 62.2 Å². The Balaban J connectivity index is 4.22. The van der Waals surface area contributed by atoms with Gasteiger partial charge in [-0.3, -0.25) is 0 Å². The first kappa shape index (κ1) is 17.0. The summed E-state index contributed by atoms with van der Waals surface area (Å²) < 4.78 is 4.57. The molecule has 0 aliphatic heterocycles. The molecule has 0 aliphatic rings. The van der Waals surface area contributed by atoms with E-state index >= 15 is 0 Å². The zero-order valence-corrected chi connectivity index (χ0v) is 15.1. The van der Waals surface area contributed by atoms with Crippen LogP contribution in [0.5, 0.6) is 0 Å². The van der Waals surface area contributed by atoms with Crippen LogP contribution in [0.1, 0.15) is 40.0 Å². The standard InChI is InChI=1S/3C5H9.CH3.Sn/c3*1-3-5-4-2;;/h3*4-5H,1,3H2,2H3;1H3;. The van der Waals surface area contributed by atoms with E-state index in [0.29, 0.717) is 0 Å². The number of hydrogen-bond acceptors (Lipinski definition) is 0. The molecule has 0 atom stereocenters. The van der Waals surface area contributed by atoms with Crippen LogP contribution in [-0.4, -0.2) is 18.4 Å². The van der Waals surface area contributed by atoms with Crippen LogP contribution in [0, 0.1) is 0 Å². The van der Waals surface area contributed by atoms with Crippen LogP contribution < -0.4 is 0 Å². The van der Waals surface area contributed by atoms with Crippen molar-refractivity contribution in [2.24, 2.45) is 0 Å². The predicted molar refractivity (Wildman–Crippen MR) is 84.3 cm³/mol. The maximum absolute atomic E-state index is 2.66. The Labute approximate surface area is 113 Å². The maximum atomic E-state index is 2.66. The van der Waals surface area contributed by atoms with Crippen molar-refractivity contribution in [3.63, 3.8) is 0 Å². The minimum absolute atomic E-state index is 1.31. The Morgan fingerprint density at radius 1 is 0.647 bits per heavy atom. The number of allylic oxidation sites excluding steroid dienone is 6. The topological polar surface area (TPSA) is 0 Å². The molecule has 17 heavy (non-hydrogen) atoms. The summed E-state index contributed by atoms with van der Waals surface area (Å²) in [6.45, 7) is 6.39. The molecule has 0 fully saturated rings. The van der Waals surface area contributed by atoms with Crippen LogP contribution in [0.25, 0.3) is 0 Å². The van der Waals surface area contributed by atoms with Gasteiger partial charge in [0.25, 0.3) is 0 Å². The van der Waals surface area contributed by atoms with E-state index in [1.54, 1.807) is 0 Å². The first-order valence-corrected chi connectivity index (χ1v) is 15.9. The third-order valence-electron chi connectivity index (χ3n) is 3.45. The van der Waals surface area contributed by atoms with Crippen molar-refractivity contribution in [1.82, 2.24) is 0 Å². The van der Waals surface area contributed by atoms with Crippen molar-refractivity contribution in [3.8, 4) is 0 Å². The summed E-state index contributed by atoms with van der Waals surface area (Å²) in [5.41, 5.74) is 0. The molecular weight excluding hydrogens is 311 g/mol. The van der Waals surface area contributed by atoms with Crippen LogP contribution in [0.4, 0.5) is 0 Å². The van der Waals surface area contributed by atoms with Gasteiger partial charge in [-0.25, -0.2) is 0 Å². The molecule has 1 heteroatoms. The molecule has 0 N–H and O–H groups in total. The van der Waals surface area contributed by atoms with Crippen molar-refractivity contribution >= 4 is 18.4 Å². The second-order valence-corrected chi connectivity index (χ2v) is 19.8. The van der Waals surface area contributed by atoms with Gasteiger partial charge in [0.2, 0.25) is 0 Å². The van der Waals surface area contributed by atoms with Crippen LogP contribution in [0.15, 0.2) is 36.5 Å². The molecule has 0 rings (SSSR count). The average molecular weight is 341 g/mol. The molecule has 98 valence electrons. The molecule has 0 saturated heterocycles. The van der Waals surface area contributed by atoms with Crippen LogP contribution in [-0.2, 0) is 0 Å². The zero-order chi connectivity index (χ0) is 13.0. The molecule has 0 radical (unpaired) electrons. The second kappa shape index (κ2) is 11.1. The SMILES string of the molecule is CC=CC[CH2][Sn]([CH3])([CH2]CC=CC)[CH2]CC=CC. The molecule has 0 aromatic rings. The van der Waals surface area contributed by atoms with E-state index in [9.17, 15) is 0 Å². The minimum atomic E-state index is -1.79. The van der Waals surface area contributed by atoms with Gasteiger partial charge in [0.1, 0.15) is 0 Å². The van der Waals surface area contributed by atoms with Gasteiger partial charge in [0.05, 0.1) is 0 Å². The van der Waals surface area contributed by atoms with Gasteiger partial charge in [0, 0.05) is 0 Å². The monoisotopic (exact) mass is 342 g/mol. The van der Waals surface area contributed by atoms with E-state index in [0.717, 1.165) is 0 Å². The normalized spacial score (nSPS) is 16.2. The fraction of sp³-hybridized carbons (Fsp3) is 0.625. The van der Waals surface area contributed by atoms with Gasteiger partial charge in [-0.1, -0.05) is 0 Å². The molecule has 0 heterocycles. The van der Waals surface area contributed by atoms with Crippen molar-refractivity contribution in [1.29, 1.82) is 0 Å². The first-order valence-electron chi connectivity index (χ1n) is 7.02. The Hall–Kier alpha value is 0.0187. The van der Waals surface area contributed by atoms with Gasteiger partial charge in [-0.2, -0.15) is 0 Å². The van der Waals surface area contributed by atoms with Gasteiger partial charge in [-0.15, -0.1) is 0 Å². The molecule has 0 saturated carbocycles. The predicted octanol–water partition coefficient (Wildman–Crippen LogP) is 5.96. The number of rotatable bonds is 9.